The van der Waals surface area contributed by atoms with Crippen LogP contribution in [-0.4, -0.2) is 24.9 Å². The molecule has 0 aliphatic carbocycles. The maximum Gasteiger partial charge on any atom is 0.150 e. The summed E-state index contributed by atoms with van der Waals surface area (Å²) < 4.78 is 22.7. The van der Waals surface area contributed by atoms with Gasteiger partial charge in [-0.15, -0.1) is 11.3 Å². The number of aryl methyl sites for hydroxylation is 1. The fraction of sp³-hybridized carbons (Fsp3) is 0.700. The second-order valence-electron chi connectivity index (χ2n) is 3.88. The Morgan fingerprint density at radius 3 is 2.76 bits per heavy atom. The summed E-state index contributed by atoms with van der Waals surface area (Å²) >= 11 is 1.58. The molecule has 0 bridgehead atoms. The molecule has 1 heterocycles. The molecular weight excluding hydrogens is 258 g/mol. The van der Waals surface area contributed by atoms with Crippen molar-refractivity contribution in [1.82, 2.24) is 10.4 Å². The van der Waals surface area contributed by atoms with Gasteiger partial charge in [0.2, 0.25) is 0 Å². The van der Waals surface area contributed by atoms with Gasteiger partial charge in [-0.25, -0.2) is 13.4 Å². The van der Waals surface area contributed by atoms with Gasteiger partial charge in [0.05, 0.1) is 16.8 Å². The van der Waals surface area contributed by atoms with Gasteiger partial charge in [0, 0.05) is 16.8 Å². The third-order valence-corrected chi connectivity index (χ3v) is 5.39. The largest absolute Gasteiger partial charge is 0.271 e. The van der Waals surface area contributed by atoms with E-state index in [-0.39, 0.29) is 17.5 Å². The number of hydrogen-bond donors (Lipinski definition) is 2. The zero-order valence-corrected chi connectivity index (χ0v) is 11.8. The maximum absolute atomic E-state index is 11.3. The lowest BCUT2D eigenvalue weighted by molar-refractivity contribution is 0.513. The molecule has 0 amide bonds. The summed E-state index contributed by atoms with van der Waals surface area (Å²) in [4.78, 5) is 5.22. The summed E-state index contributed by atoms with van der Waals surface area (Å²) in [5, 5.41) is 0.987. The van der Waals surface area contributed by atoms with Crippen LogP contribution >= 0.6 is 11.3 Å². The molecule has 0 spiro atoms. The first kappa shape index (κ1) is 14.6. The van der Waals surface area contributed by atoms with E-state index in [1.54, 1.807) is 24.5 Å². The molecule has 1 atom stereocenters. The van der Waals surface area contributed by atoms with Crippen molar-refractivity contribution in [3.8, 4) is 0 Å². The monoisotopic (exact) mass is 277 g/mol. The van der Waals surface area contributed by atoms with Crippen LogP contribution in [0.3, 0.4) is 0 Å². The molecule has 0 saturated carbocycles. The normalized spacial score (nSPS) is 13.8. The Bertz CT molecular complexity index is 442. The number of nitrogens with zero attached hydrogens (tertiary/aromatic N) is 1. The standard InChI is InChI=1S/C10H19N3O2S2/c1-3-17(14,15)6-4-5-9(13-11)10-7-12-8(2)16-10/h7,9,13H,3-6,11H2,1-2H3. The Balaban J connectivity index is 2.49. The van der Waals surface area contributed by atoms with Crippen LogP contribution in [0.15, 0.2) is 6.20 Å². The molecule has 1 aromatic heterocycles. The van der Waals surface area contributed by atoms with Gasteiger partial charge >= 0.3 is 0 Å². The summed E-state index contributed by atoms with van der Waals surface area (Å²) in [6.07, 6.45) is 3.11. The number of sulfone groups is 1. The molecule has 5 nitrogen and oxygen atoms in total. The number of nitrogens with two attached hydrogens (primary N) is 1. The highest BCUT2D eigenvalue weighted by Gasteiger charge is 2.14. The number of aromatic nitrogens is 1. The number of nitrogens with one attached hydrogen (secondary N) is 1. The van der Waals surface area contributed by atoms with Crippen molar-refractivity contribution in [3.63, 3.8) is 0 Å². The van der Waals surface area contributed by atoms with Crippen LogP contribution in [0.5, 0.6) is 0 Å². The van der Waals surface area contributed by atoms with Crippen molar-refractivity contribution in [2.24, 2.45) is 5.84 Å². The average Bonchev–Trinajstić information content (AvgIpc) is 2.71. The molecule has 1 aromatic rings. The summed E-state index contributed by atoms with van der Waals surface area (Å²) in [7, 11) is -2.88. The molecular formula is C10H19N3O2S2. The highest BCUT2D eigenvalue weighted by molar-refractivity contribution is 7.91. The minimum absolute atomic E-state index is 0.00624. The van der Waals surface area contributed by atoms with Crippen LogP contribution < -0.4 is 11.3 Å². The first-order chi connectivity index (χ1) is 7.98. The molecule has 0 aromatic carbocycles. The Labute approximate surface area is 106 Å². The summed E-state index contributed by atoms with van der Waals surface area (Å²) in [6.45, 7) is 3.60. The van der Waals surface area contributed by atoms with E-state index in [1.165, 1.54) is 0 Å². The number of rotatable bonds is 7. The van der Waals surface area contributed by atoms with Gasteiger partial charge in [-0.2, -0.15) is 0 Å². The topological polar surface area (TPSA) is 85.1 Å². The van der Waals surface area contributed by atoms with E-state index in [9.17, 15) is 8.42 Å². The zero-order chi connectivity index (χ0) is 12.9. The average molecular weight is 277 g/mol. The number of thiazole rings is 1. The maximum atomic E-state index is 11.3. The van der Waals surface area contributed by atoms with Crippen molar-refractivity contribution in [1.29, 1.82) is 0 Å². The molecule has 98 valence electrons. The Morgan fingerprint density at radius 2 is 2.29 bits per heavy atom. The van der Waals surface area contributed by atoms with Crippen LogP contribution in [0.1, 0.15) is 35.7 Å². The van der Waals surface area contributed by atoms with Gasteiger partial charge in [-0.05, 0) is 19.8 Å². The van der Waals surface area contributed by atoms with Crippen molar-refractivity contribution >= 4 is 21.2 Å². The minimum atomic E-state index is -2.88. The SMILES string of the molecule is CCS(=O)(=O)CCCC(NN)c1cnc(C)s1. The molecule has 0 aliphatic heterocycles. The second kappa shape index (κ2) is 6.44. The van der Waals surface area contributed by atoms with Gasteiger partial charge in [0.15, 0.2) is 0 Å². The van der Waals surface area contributed by atoms with Gasteiger partial charge in [0.25, 0.3) is 0 Å². The predicted molar refractivity (Wildman–Crippen MR) is 70.5 cm³/mol. The lowest BCUT2D eigenvalue weighted by Gasteiger charge is -2.13. The van der Waals surface area contributed by atoms with E-state index >= 15 is 0 Å². The molecule has 1 rings (SSSR count). The van der Waals surface area contributed by atoms with E-state index in [2.05, 4.69) is 10.4 Å². The zero-order valence-electron chi connectivity index (χ0n) is 10.1. The molecule has 7 heteroatoms. The fourth-order valence-corrected chi connectivity index (χ4v) is 3.27. The predicted octanol–water partition coefficient (Wildman–Crippen LogP) is 1.17. The van der Waals surface area contributed by atoms with Crippen LogP contribution in [0.2, 0.25) is 0 Å². The van der Waals surface area contributed by atoms with Crippen LogP contribution in [0.25, 0.3) is 0 Å². The second-order valence-corrected chi connectivity index (χ2v) is 7.62. The molecule has 0 aliphatic rings. The van der Waals surface area contributed by atoms with Crippen LogP contribution in [0.4, 0.5) is 0 Å². The highest BCUT2D eigenvalue weighted by Crippen LogP contribution is 2.23. The van der Waals surface area contributed by atoms with Crippen molar-refractivity contribution < 1.29 is 8.42 Å². The van der Waals surface area contributed by atoms with E-state index in [4.69, 9.17) is 5.84 Å². The Morgan fingerprint density at radius 1 is 1.59 bits per heavy atom. The first-order valence-electron chi connectivity index (χ1n) is 5.57. The third-order valence-electron chi connectivity index (χ3n) is 2.57. The Hall–Kier alpha value is -0.500. The van der Waals surface area contributed by atoms with Gasteiger partial charge in [0.1, 0.15) is 9.84 Å². The van der Waals surface area contributed by atoms with Crippen molar-refractivity contribution in [2.45, 2.75) is 32.7 Å². The summed E-state index contributed by atoms with van der Waals surface area (Å²) in [5.41, 5.74) is 2.71. The number of hydrogen-bond acceptors (Lipinski definition) is 6. The lowest BCUT2D eigenvalue weighted by atomic mass is 10.1. The lowest BCUT2D eigenvalue weighted by Crippen LogP contribution is -2.27. The molecule has 3 N–H and O–H groups in total. The fourth-order valence-electron chi connectivity index (χ4n) is 1.50. The van der Waals surface area contributed by atoms with Crippen molar-refractivity contribution in [3.05, 3.63) is 16.1 Å². The Kier molecular flexibility index (Phi) is 5.51. The quantitative estimate of drug-likeness (QED) is 0.577. The smallest absolute Gasteiger partial charge is 0.150 e. The highest BCUT2D eigenvalue weighted by atomic mass is 32.2. The van der Waals surface area contributed by atoms with Crippen LogP contribution in [0, 0.1) is 6.92 Å². The molecule has 1 unspecified atom stereocenters. The van der Waals surface area contributed by atoms with Gasteiger partial charge in [-0.3, -0.25) is 11.3 Å². The summed E-state index contributed by atoms with van der Waals surface area (Å²) in [6, 6.07) is -0.00624. The van der Waals surface area contributed by atoms with Crippen molar-refractivity contribution in [2.75, 3.05) is 11.5 Å². The summed E-state index contributed by atoms with van der Waals surface area (Å²) in [5.74, 6) is 5.90. The molecule has 0 radical (unpaired) electrons. The van der Waals surface area contributed by atoms with E-state index in [0.29, 0.717) is 12.8 Å². The first-order valence-corrected chi connectivity index (χ1v) is 8.21. The third kappa shape index (κ3) is 4.71. The van der Waals surface area contributed by atoms with Gasteiger partial charge < -0.3 is 0 Å². The molecule has 17 heavy (non-hydrogen) atoms. The molecule has 0 fully saturated rings. The van der Waals surface area contributed by atoms with E-state index in [1.807, 2.05) is 6.92 Å². The van der Waals surface area contributed by atoms with Gasteiger partial charge in [-0.1, -0.05) is 6.92 Å². The van der Waals surface area contributed by atoms with E-state index in [0.717, 1.165) is 9.88 Å². The minimum Gasteiger partial charge on any atom is -0.271 e. The van der Waals surface area contributed by atoms with E-state index < -0.39 is 9.84 Å². The van der Waals surface area contributed by atoms with Crippen LogP contribution in [-0.2, 0) is 9.84 Å². The molecule has 0 saturated heterocycles. The number of hydrazine groups is 1.